The SMILES string of the molecule is CC[N+](C)(CC)c1ccc(CO)cc1. The second kappa shape index (κ2) is 4.58. The van der Waals surface area contributed by atoms with Crippen molar-refractivity contribution < 1.29 is 5.11 Å². The molecule has 0 aliphatic heterocycles. The fourth-order valence-electron chi connectivity index (χ4n) is 1.55. The van der Waals surface area contributed by atoms with Crippen LogP contribution >= 0.6 is 0 Å². The molecule has 1 aromatic carbocycles. The van der Waals surface area contributed by atoms with Crippen molar-refractivity contribution in [3.05, 3.63) is 29.8 Å². The Morgan fingerprint density at radius 1 is 1.07 bits per heavy atom. The van der Waals surface area contributed by atoms with Crippen LogP contribution in [0.25, 0.3) is 0 Å². The Kier molecular flexibility index (Phi) is 3.67. The Morgan fingerprint density at radius 3 is 1.93 bits per heavy atom. The fourth-order valence-corrected chi connectivity index (χ4v) is 1.55. The van der Waals surface area contributed by atoms with Gasteiger partial charge in [0.05, 0.1) is 26.7 Å². The summed E-state index contributed by atoms with van der Waals surface area (Å²) in [5.41, 5.74) is 2.29. The molecule has 0 aliphatic rings. The van der Waals surface area contributed by atoms with Crippen molar-refractivity contribution in [2.75, 3.05) is 20.1 Å². The van der Waals surface area contributed by atoms with Gasteiger partial charge in [0.1, 0.15) is 5.69 Å². The van der Waals surface area contributed by atoms with Gasteiger partial charge in [0, 0.05) is 0 Å². The molecule has 1 aromatic rings. The molecule has 0 fully saturated rings. The van der Waals surface area contributed by atoms with Crippen LogP contribution in [0.4, 0.5) is 5.69 Å². The first-order valence-corrected chi connectivity index (χ1v) is 5.21. The van der Waals surface area contributed by atoms with E-state index in [-0.39, 0.29) is 6.61 Å². The molecule has 0 aliphatic carbocycles. The van der Waals surface area contributed by atoms with Crippen molar-refractivity contribution in [2.24, 2.45) is 0 Å². The Bertz CT molecular complexity index is 275. The largest absolute Gasteiger partial charge is 0.392 e. The smallest absolute Gasteiger partial charge is 0.132 e. The number of nitrogens with zero attached hydrogens (tertiary/aromatic N) is 1. The molecule has 2 heteroatoms. The second-order valence-corrected chi connectivity index (χ2v) is 3.85. The van der Waals surface area contributed by atoms with Crippen molar-refractivity contribution >= 4 is 5.69 Å². The summed E-state index contributed by atoms with van der Waals surface area (Å²) < 4.78 is 0.950. The average molecular weight is 194 g/mol. The van der Waals surface area contributed by atoms with Gasteiger partial charge in [-0.3, -0.25) is 4.48 Å². The molecule has 0 amide bonds. The van der Waals surface area contributed by atoms with Crippen LogP contribution in [0, 0.1) is 0 Å². The topological polar surface area (TPSA) is 20.2 Å². The van der Waals surface area contributed by atoms with Crippen LogP contribution in [-0.2, 0) is 6.61 Å². The standard InChI is InChI=1S/C12H20NO/c1-4-13(3,5-2)12-8-6-11(10-14)7-9-12/h6-9,14H,4-5,10H2,1-3H3/q+1. The zero-order valence-electron chi connectivity index (χ0n) is 9.33. The molecule has 0 heterocycles. The second-order valence-electron chi connectivity index (χ2n) is 3.85. The summed E-state index contributed by atoms with van der Waals surface area (Å²) in [4.78, 5) is 0. The van der Waals surface area contributed by atoms with Crippen LogP contribution in [0.2, 0.25) is 0 Å². The summed E-state index contributed by atoms with van der Waals surface area (Å²) in [6.45, 7) is 6.71. The normalized spacial score (nSPS) is 11.7. The van der Waals surface area contributed by atoms with Crippen LogP contribution < -0.4 is 4.48 Å². The van der Waals surface area contributed by atoms with E-state index in [2.05, 4.69) is 33.0 Å². The quantitative estimate of drug-likeness (QED) is 0.728. The van der Waals surface area contributed by atoms with E-state index in [1.165, 1.54) is 5.69 Å². The summed E-state index contributed by atoms with van der Waals surface area (Å²) in [7, 11) is 2.23. The molecule has 0 bridgehead atoms. The highest BCUT2D eigenvalue weighted by Gasteiger charge is 2.19. The molecule has 78 valence electrons. The molecule has 2 nitrogen and oxygen atoms in total. The molecular weight excluding hydrogens is 174 g/mol. The molecule has 1 rings (SSSR count). The minimum absolute atomic E-state index is 0.127. The minimum Gasteiger partial charge on any atom is -0.392 e. The van der Waals surface area contributed by atoms with Crippen molar-refractivity contribution in [2.45, 2.75) is 20.5 Å². The van der Waals surface area contributed by atoms with E-state index < -0.39 is 0 Å². The summed E-state index contributed by atoms with van der Waals surface area (Å²) in [5.74, 6) is 0. The first kappa shape index (κ1) is 11.2. The van der Waals surface area contributed by atoms with Crippen molar-refractivity contribution in [3.8, 4) is 0 Å². The van der Waals surface area contributed by atoms with Crippen LogP contribution in [0.3, 0.4) is 0 Å². The lowest BCUT2D eigenvalue weighted by Gasteiger charge is -2.31. The predicted octanol–water partition coefficient (Wildman–Crippen LogP) is 2.16. The summed E-state index contributed by atoms with van der Waals surface area (Å²) in [6.07, 6.45) is 0. The molecule has 1 N–H and O–H groups in total. The lowest BCUT2D eigenvalue weighted by atomic mass is 10.2. The van der Waals surface area contributed by atoms with Gasteiger partial charge in [0.2, 0.25) is 0 Å². The molecular formula is C12H20NO+. The third-order valence-electron chi connectivity index (χ3n) is 3.14. The Balaban J connectivity index is 2.95. The lowest BCUT2D eigenvalue weighted by Crippen LogP contribution is -2.44. The van der Waals surface area contributed by atoms with E-state index >= 15 is 0 Å². The van der Waals surface area contributed by atoms with Crippen molar-refractivity contribution in [3.63, 3.8) is 0 Å². The van der Waals surface area contributed by atoms with Gasteiger partial charge in [-0.1, -0.05) is 12.1 Å². The van der Waals surface area contributed by atoms with Gasteiger partial charge in [0.15, 0.2) is 0 Å². The van der Waals surface area contributed by atoms with E-state index in [0.717, 1.165) is 23.1 Å². The third kappa shape index (κ3) is 2.14. The fraction of sp³-hybridized carbons (Fsp3) is 0.500. The molecule has 0 saturated heterocycles. The van der Waals surface area contributed by atoms with Gasteiger partial charge >= 0.3 is 0 Å². The predicted molar refractivity (Wildman–Crippen MR) is 61.2 cm³/mol. The Morgan fingerprint density at radius 2 is 1.57 bits per heavy atom. The number of quaternary nitrogens is 1. The number of benzene rings is 1. The van der Waals surface area contributed by atoms with Crippen molar-refractivity contribution in [1.82, 2.24) is 4.48 Å². The summed E-state index contributed by atoms with van der Waals surface area (Å²) in [5, 5.41) is 8.94. The van der Waals surface area contributed by atoms with Gasteiger partial charge in [-0.25, -0.2) is 0 Å². The minimum atomic E-state index is 0.127. The van der Waals surface area contributed by atoms with Gasteiger partial charge in [0.25, 0.3) is 0 Å². The van der Waals surface area contributed by atoms with Gasteiger partial charge in [-0.15, -0.1) is 0 Å². The van der Waals surface area contributed by atoms with Gasteiger partial charge in [-0.2, -0.15) is 0 Å². The lowest BCUT2D eigenvalue weighted by molar-refractivity contribution is 0.281. The molecule has 0 unspecified atom stereocenters. The summed E-state index contributed by atoms with van der Waals surface area (Å²) in [6, 6.07) is 8.21. The highest BCUT2D eigenvalue weighted by atomic mass is 16.3. The van der Waals surface area contributed by atoms with Crippen LogP contribution in [0.1, 0.15) is 19.4 Å². The van der Waals surface area contributed by atoms with E-state index in [1.807, 2.05) is 12.1 Å². The average Bonchev–Trinajstić information content (AvgIpc) is 2.28. The number of hydrogen-bond acceptors (Lipinski definition) is 1. The highest BCUT2D eigenvalue weighted by Crippen LogP contribution is 2.20. The molecule has 0 spiro atoms. The maximum absolute atomic E-state index is 8.94. The van der Waals surface area contributed by atoms with Crippen LogP contribution in [-0.4, -0.2) is 25.2 Å². The zero-order valence-corrected chi connectivity index (χ0v) is 9.33. The zero-order chi connectivity index (χ0) is 10.6. The van der Waals surface area contributed by atoms with E-state index in [4.69, 9.17) is 5.11 Å². The van der Waals surface area contributed by atoms with Crippen LogP contribution in [0.15, 0.2) is 24.3 Å². The molecule has 14 heavy (non-hydrogen) atoms. The van der Waals surface area contributed by atoms with E-state index in [1.54, 1.807) is 0 Å². The van der Waals surface area contributed by atoms with Crippen LogP contribution in [0.5, 0.6) is 0 Å². The number of hydrogen-bond donors (Lipinski definition) is 1. The van der Waals surface area contributed by atoms with Gasteiger partial charge in [-0.05, 0) is 31.5 Å². The first-order valence-electron chi connectivity index (χ1n) is 5.21. The maximum Gasteiger partial charge on any atom is 0.132 e. The number of rotatable bonds is 4. The Labute approximate surface area is 86.4 Å². The number of aliphatic hydroxyl groups excluding tert-OH is 1. The first-order chi connectivity index (χ1) is 6.66. The maximum atomic E-state index is 8.94. The number of aliphatic hydroxyl groups is 1. The summed E-state index contributed by atoms with van der Waals surface area (Å²) >= 11 is 0. The monoisotopic (exact) mass is 194 g/mol. The molecule has 0 radical (unpaired) electrons. The molecule has 0 atom stereocenters. The van der Waals surface area contributed by atoms with E-state index in [0.29, 0.717) is 0 Å². The third-order valence-corrected chi connectivity index (χ3v) is 3.14. The molecule has 0 saturated carbocycles. The molecule has 0 aromatic heterocycles. The van der Waals surface area contributed by atoms with Crippen molar-refractivity contribution in [1.29, 1.82) is 0 Å². The van der Waals surface area contributed by atoms with Gasteiger partial charge < -0.3 is 5.11 Å². The Hall–Kier alpha value is -0.860. The highest BCUT2D eigenvalue weighted by molar-refractivity contribution is 5.43. The van der Waals surface area contributed by atoms with E-state index in [9.17, 15) is 0 Å².